The highest BCUT2D eigenvalue weighted by molar-refractivity contribution is 7.90. The minimum atomic E-state index is -2.84. The van der Waals surface area contributed by atoms with Crippen LogP contribution in [0.3, 0.4) is 0 Å². The SMILES string of the molecule is CCNC(CCCS(C)(=O)=O)CCOCCOC. The van der Waals surface area contributed by atoms with Crippen LogP contribution in [0.4, 0.5) is 0 Å². The van der Waals surface area contributed by atoms with Gasteiger partial charge in [0.25, 0.3) is 0 Å². The van der Waals surface area contributed by atoms with Crippen molar-refractivity contribution in [3.05, 3.63) is 0 Å². The van der Waals surface area contributed by atoms with E-state index >= 15 is 0 Å². The maximum Gasteiger partial charge on any atom is 0.147 e. The van der Waals surface area contributed by atoms with Crippen LogP contribution in [0.15, 0.2) is 0 Å². The summed E-state index contributed by atoms with van der Waals surface area (Å²) < 4.78 is 32.4. The fraction of sp³-hybridized carbons (Fsp3) is 1.00. The van der Waals surface area contributed by atoms with E-state index in [1.165, 1.54) is 6.26 Å². The molecule has 0 aliphatic carbocycles. The first-order chi connectivity index (χ1) is 8.49. The third-order valence-electron chi connectivity index (χ3n) is 2.60. The summed E-state index contributed by atoms with van der Waals surface area (Å²) in [5.74, 6) is 0.263. The molecule has 0 aromatic heterocycles. The lowest BCUT2D eigenvalue weighted by atomic mass is 10.1. The number of hydrogen-bond donors (Lipinski definition) is 1. The molecule has 1 N–H and O–H groups in total. The number of nitrogens with one attached hydrogen (secondary N) is 1. The zero-order chi connectivity index (χ0) is 13.9. The highest BCUT2D eigenvalue weighted by atomic mass is 32.2. The van der Waals surface area contributed by atoms with Gasteiger partial charge in [-0.25, -0.2) is 8.42 Å². The van der Waals surface area contributed by atoms with E-state index in [-0.39, 0.29) is 5.75 Å². The molecule has 110 valence electrons. The monoisotopic (exact) mass is 281 g/mol. The van der Waals surface area contributed by atoms with Gasteiger partial charge in [0.2, 0.25) is 0 Å². The Hall–Kier alpha value is -0.170. The lowest BCUT2D eigenvalue weighted by Crippen LogP contribution is -2.30. The zero-order valence-corrected chi connectivity index (χ0v) is 12.6. The summed E-state index contributed by atoms with van der Waals surface area (Å²) in [6.45, 7) is 4.84. The Morgan fingerprint density at radius 2 is 1.89 bits per heavy atom. The Labute approximate surface area is 111 Å². The van der Waals surface area contributed by atoms with Gasteiger partial charge >= 0.3 is 0 Å². The van der Waals surface area contributed by atoms with Crippen LogP contribution < -0.4 is 5.32 Å². The smallest absolute Gasteiger partial charge is 0.147 e. The average molecular weight is 281 g/mol. The molecule has 0 rings (SSSR count). The molecule has 0 radical (unpaired) electrons. The van der Waals surface area contributed by atoms with Crippen LogP contribution in [-0.4, -0.2) is 59.9 Å². The molecule has 0 amide bonds. The van der Waals surface area contributed by atoms with Crippen molar-refractivity contribution in [1.29, 1.82) is 0 Å². The molecule has 0 aliphatic heterocycles. The Kier molecular flexibility index (Phi) is 10.6. The molecule has 0 bridgehead atoms. The predicted molar refractivity (Wildman–Crippen MR) is 73.7 cm³/mol. The summed E-state index contributed by atoms with van der Waals surface area (Å²) in [6, 6.07) is 0.333. The average Bonchev–Trinajstić information content (AvgIpc) is 2.27. The van der Waals surface area contributed by atoms with E-state index in [0.717, 1.165) is 19.4 Å². The van der Waals surface area contributed by atoms with Crippen molar-refractivity contribution in [2.45, 2.75) is 32.2 Å². The van der Waals surface area contributed by atoms with E-state index in [4.69, 9.17) is 9.47 Å². The van der Waals surface area contributed by atoms with Crippen molar-refractivity contribution in [3.63, 3.8) is 0 Å². The van der Waals surface area contributed by atoms with Crippen molar-refractivity contribution in [2.75, 3.05) is 45.5 Å². The van der Waals surface area contributed by atoms with Gasteiger partial charge in [0.05, 0.1) is 13.2 Å². The van der Waals surface area contributed by atoms with Crippen molar-refractivity contribution < 1.29 is 17.9 Å². The molecule has 5 nitrogen and oxygen atoms in total. The molecule has 0 aliphatic rings. The molecule has 18 heavy (non-hydrogen) atoms. The number of rotatable bonds is 12. The van der Waals surface area contributed by atoms with Gasteiger partial charge in [0.15, 0.2) is 0 Å². The van der Waals surface area contributed by atoms with Crippen LogP contribution >= 0.6 is 0 Å². The lowest BCUT2D eigenvalue weighted by molar-refractivity contribution is 0.0655. The predicted octanol–water partition coefficient (Wildman–Crippen LogP) is 0.842. The van der Waals surface area contributed by atoms with E-state index in [2.05, 4.69) is 12.2 Å². The summed E-state index contributed by atoms with van der Waals surface area (Å²) in [6.07, 6.45) is 3.76. The van der Waals surface area contributed by atoms with Crippen LogP contribution in [0.5, 0.6) is 0 Å². The number of hydrogen-bond acceptors (Lipinski definition) is 5. The van der Waals surface area contributed by atoms with Gasteiger partial charge in [0.1, 0.15) is 9.84 Å². The van der Waals surface area contributed by atoms with Gasteiger partial charge in [-0.3, -0.25) is 0 Å². The number of ether oxygens (including phenoxy) is 2. The second kappa shape index (κ2) is 10.7. The maximum absolute atomic E-state index is 11.0. The van der Waals surface area contributed by atoms with Crippen molar-refractivity contribution in [1.82, 2.24) is 5.32 Å². The summed E-state index contributed by atoms with van der Waals surface area (Å²) in [5, 5.41) is 3.35. The van der Waals surface area contributed by atoms with Crippen molar-refractivity contribution in [3.8, 4) is 0 Å². The van der Waals surface area contributed by atoms with Crippen molar-refractivity contribution in [2.24, 2.45) is 0 Å². The van der Waals surface area contributed by atoms with Crippen LogP contribution in [0, 0.1) is 0 Å². The van der Waals surface area contributed by atoms with Gasteiger partial charge in [-0.05, 0) is 25.8 Å². The van der Waals surface area contributed by atoms with E-state index in [1.807, 2.05) is 0 Å². The topological polar surface area (TPSA) is 64.6 Å². The quantitative estimate of drug-likeness (QED) is 0.537. The fourth-order valence-electron chi connectivity index (χ4n) is 1.70. The standard InChI is InChI=1S/C12H27NO4S/c1-4-13-12(6-5-11-18(3,14)15)7-8-17-10-9-16-2/h12-13H,4-11H2,1-3H3. The minimum absolute atomic E-state index is 0.263. The lowest BCUT2D eigenvalue weighted by Gasteiger charge is -2.17. The Balaban J connectivity index is 3.71. The van der Waals surface area contributed by atoms with E-state index < -0.39 is 9.84 Å². The molecule has 0 spiro atoms. The molecular formula is C12H27NO4S. The second-order valence-electron chi connectivity index (χ2n) is 4.42. The number of sulfone groups is 1. The summed E-state index contributed by atoms with van der Waals surface area (Å²) in [4.78, 5) is 0. The second-order valence-corrected chi connectivity index (χ2v) is 6.68. The molecule has 0 heterocycles. The normalized spacial score (nSPS) is 13.7. The molecule has 0 aromatic rings. The van der Waals surface area contributed by atoms with E-state index in [1.54, 1.807) is 7.11 Å². The minimum Gasteiger partial charge on any atom is -0.382 e. The third kappa shape index (κ3) is 12.3. The van der Waals surface area contributed by atoms with E-state index in [0.29, 0.717) is 32.3 Å². The third-order valence-corrected chi connectivity index (χ3v) is 3.63. The van der Waals surface area contributed by atoms with Crippen LogP contribution in [0.25, 0.3) is 0 Å². The summed E-state index contributed by atoms with van der Waals surface area (Å²) in [7, 11) is -1.19. The van der Waals surface area contributed by atoms with Crippen LogP contribution in [0.1, 0.15) is 26.2 Å². The largest absolute Gasteiger partial charge is 0.382 e. The molecule has 0 aromatic carbocycles. The van der Waals surface area contributed by atoms with Gasteiger partial charge in [-0.1, -0.05) is 6.92 Å². The molecule has 0 saturated heterocycles. The van der Waals surface area contributed by atoms with Gasteiger partial charge in [-0.15, -0.1) is 0 Å². The Morgan fingerprint density at radius 1 is 1.17 bits per heavy atom. The van der Waals surface area contributed by atoms with Gasteiger partial charge in [-0.2, -0.15) is 0 Å². The highest BCUT2D eigenvalue weighted by Crippen LogP contribution is 2.04. The first-order valence-electron chi connectivity index (χ1n) is 6.47. The summed E-state index contributed by atoms with van der Waals surface area (Å²) >= 11 is 0. The van der Waals surface area contributed by atoms with E-state index in [9.17, 15) is 8.42 Å². The molecular weight excluding hydrogens is 254 g/mol. The maximum atomic E-state index is 11.0. The van der Waals surface area contributed by atoms with Gasteiger partial charge in [0, 0.05) is 31.8 Å². The Bertz CT molecular complexity index is 280. The summed E-state index contributed by atoms with van der Waals surface area (Å²) in [5.41, 5.74) is 0. The first kappa shape index (κ1) is 17.8. The zero-order valence-electron chi connectivity index (χ0n) is 11.8. The molecule has 6 heteroatoms. The number of methoxy groups -OCH3 is 1. The van der Waals surface area contributed by atoms with Crippen LogP contribution in [0.2, 0.25) is 0 Å². The molecule has 1 atom stereocenters. The fourth-order valence-corrected chi connectivity index (χ4v) is 2.39. The molecule has 0 saturated carbocycles. The van der Waals surface area contributed by atoms with Gasteiger partial charge < -0.3 is 14.8 Å². The van der Waals surface area contributed by atoms with Crippen molar-refractivity contribution >= 4 is 9.84 Å². The highest BCUT2D eigenvalue weighted by Gasteiger charge is 2.09. The molecule has 1 unspecified atom stereocenters. The Morgan fingerprint density at radius 3 is 2.44 bits per heavy atom. The van der Waals surface area contributed by atoms with Crippen LogP contribution in [-0.2, 0) is 19.3 Å². The molecule has 0 fully saturated rings. The first-order valence-corrected chi connectivity index (χ1v) is 8.53.